The molecule has 1 amide bonds. The number of carbonyl (C=O) groups is 1. The van der Waals surface area contributed by atoms with Crippen molar-refractivity contribution in [1.29, 1.82) is 0 Å². The average Bonchev–Trinajstić information content (AvgIpc) is 2.18. The van der Waals surface area contributed by atoms with Crippen molar-refractivity contribution < 1.29 is 4.79 Å². The highest BCUT2D eigenvalue weighted by molar-refractivity contribution is 5.78. The fourth-order valence-electron chi connectivity index (χ4n) is 1.88. The maximum Gasteiger partial charge on any atom is 0.223 e. The monoisotopic (exact) mass is 213 g/mol. The van der Waals surface area contributed by atoms with Crippen LogP contribution in [0.15, 0.2) is 0 Å². The van der Waals surface area contributed by atoms with Gasteiger partial charge in [-0.05, 0) is 18.8 Å². The Hall–Kier alpha value is -0.530. The molecule has 0 aromatic heterocycles. The average molecular weight is 213 g/mol. The Morgan fingerprint density at radius 3 is 2.13 bits per heavy atom. The van der Waals surface area contributed by atoms with E-state index in [1.165, 1.54) is 32.1 Å². The van der Waals surface area contributed by atoms with Crippen LogP contribution >= 0.6 is 0 Å². The van der Waals surface area contributed by atoms with E-state index in [0.29, 0.717) is 12.0 Å². The highest BCUT2D eigenvalue weighted by Crippen LogP contribution is 2.18. The van der Waals surface area contributed by atoms with Gasteiger partial charge in [0, 0.05) is 12.0 Å². The van der Waals surface area contributed by atoms with Gasteiger partial charge < -0.3 is 5.32 Å². The molecular formula is C13H27NO. The molecule has 0 radical (unpaired) electrons. The van der Waals surface area contributed by atoms with Crippen molar-refractivity contribution in [3.8, 4) is 0 Å². The lowest BCUT2D eigenvalue weighted by Gasteiger charge is -2.25. The van der Waals surface area contributed by atoms with E-state index in [9.17, 15) is 4.79 Å². The minimum Gasteiger partial charge on any atom is -0.353 e. The Balaban J connectivity index is 0.00000196. The molecule has 1 N–H and O–H groups in total. The Kier molecular flexibility index (Phi) is 6.62. The zero-order valence-electron chi connectivity index (χ0n) is 9.68. The topological polar surface area (TPSA) is 29.1 Å². The van der Waals surface area contributed by atoms with Crippen LogP contribution in [0.1, 0.15) is 60.3 Å². The van der Waals surface area contributed by atoms with E-state index >= 15 is 0 Å². The van der Waals surface area contributed by atoms with Crippen LogP contribution in [0.4, 0.5) is 0 Å². The quantitative estimate of drug-likeness (QED) is 0.765. The third-order valence-electron chi connectivity index (χ3n) is 3.37. The van der Waals surface area contributed by atoms with Crippen molar-refractivity contribution in [2.75, 3.05) is 0 Å². The Morgan fingerprint density at radius 1 is 1.13 bits per heavy atom. The van der Waals surface area contributed by atoms with Gasteiger partial charge >= 0.3 is 0 Å². The fraction of sp³-hybridized carbons (Fsp3) is 0.923. The molecule has 15 heavy (non-hydrogen) atoms. The summed E-state index contributed by atoms with van der Waals surface area (Å²) in [6.45, 7) is 6.22. The molecule has 1 unspecified atom stereocenters. The second kappa shape index (κ2) is 6.86. The molecule has 1 rings (SSSR count). The van der Waals surface area contributed by atoms with Crippen LogP contribution < -0.4 is 5.32 Å². The summed E-state index contributed by atoms with van der Waals surface area (Å²) in [4.78, 5) is 11.7. The SMILES string of the molecule is C.CC(C)C(C)C(=O)NC1CCCCC1. The van der Waals surface area contributed by atoms with E-state index in [1.54, 1.807) is 0 Å². The predicted octanol–water partition coefficient (Wildman–Crippen LogP) is 3.36. The second-order valence-electron chi connectivity index (χ2n) is 4.88. The van der Waals surface area contributed by atoms with Crippen LogP contribution in [0, 0.1) is 11.8 Å². The van der Waals surface area contributed by atoms with Crippen LogP contribution in [0.25, 0.3) is 0 Å². The van der Waals surface area contributed by atoms with Crippen molar-refractivity contribution in [2.45, 2.75) is 66.3 Å². The van der Waals surface area contributed by atoms with E-state index in [1.807, 2.05) is 6.92 Å². The van der Waals surface area contributed by atoms with Crippen molar-refractivity contribution >= 4 is 5.91 Å². The molecule has 0 saturated heterocycles. The lowest BCUT2D eigenvalue weighted by atomic mass is 9.93. The molecule has 2 nitrogen and oxygen atoms in total. The van der Waals surface area contributed by atoms with Gasteiger partial charge in [-0.3, -0.25) is 4.79 Å². The molecule has 0 aromatic rings. The molecule has 1 atom stereocenters. The molecule has 90 valence electrons. The van der Waals surface area contributed by atoms with Crippen LogP contribution in [0.3, 0.4) is 0 Å². The summed E-state index contributed by atoms with van der Waals surface area (Å²) in [5, 5.41) is 3.16. The van der Waals surface area contributed by atoms with Crippen molar-refractivity contribution in [3.63, 3.8) is 0 Å². The van der Waals surface area contributed by atoms with Gasteiger partial charge in [0.2, 0.25) is 5.91 Å². The molecule has 1 aliphatic carbocycles. The Bertz CT molecular complexity index is 183. The maximum atomic E-state index is 11.7. The number of carbonyl (C=O) groups excluding carboxylic acids is 1. The van der Waals surface area contributed by atoms with E-state index in [0.717, 1.165) is 0 Å². The first-order valence-electron chi connectivity index (χ1n) is 5.91. The van der Waals surface area contributed by atoms with Gasteiger partial charge in [0.25, 0.3) is 0 Å². The van der Waals surface area contributed by atoms with Crippen LogP contribution in [0.5, 0.6) is 0 Å². The maximum absolute atomic E-state index is 11.7. The largest absolute Gasteiger partial charge is 0.353 e. The van der Waals surface area contributed by atoms with Gasteiger partial charge in [-0.25, -0.2) is 0 Å². The zero-order chi connectivity index (χ0) is 10.6. The van der Waals surface area contributed by atoms with Gasteiger partial charge in [0.05, 0.1) is 0 Å². The van der Waals surface area contributed by atoms with Gasteiger partial charge in [-0.2, -0.15) is 0 Å². The van der Waals surface area contributed by atoms with E-state index in [4.69, 9.17) is 0 Å². The number of amides is 1. The summed E-state index contributed by atoms with van der Waals surface area (Å²) in [7, 11) is 0. The fourth-order valence-corrected chi connectivity index (χ4v) is 1.88. The first-order chi connectivity index (χ1) is 6.61. The highest BCUT2D eigenvalue weighted by Gasteiger charge is 2.21. The molecule has 1 fully saturated rings. The lowest BCUT2D eigenvalue weighted by Crippen LogP contribution is -2.40. The highest BCUT2D eigenvalue weighted by atomic mass is 16.1. The summed E-state index contributed by atoms with van der Waals surface area (Å²) < 4.78 is 0. The third kappa shape index (κ3) is 4.67. The molecular weight excluding hydrogens is 186 g/mol. The number of hydrogen-bond donors (Lipinski definition) is 1. The first-order valence-corrected chi connectivity index (χ1v) is 5.91. The number of rotatable bonds is 3. The summed E-state index contributed by atoms with van der Waals surface area (Å²) in [6.07, 6.45) is 6.25. The molecule has 2 heteroatoms. The molecule has 0 bridgehead atoms. The van der Waals surface area contributed by atoms with E-state index < -0.39 is 0 Å². The van der Waals surface area contributed by atoms with Crippen molar-refractivity contribution in [1.82, 2.24) is 5.32 Å². The minimum absolute atomic E-state index is 0. The molecule has 0 aliphatic heterocycles. The standard InChI is InChI=1S/C12H23NO.CH4/c1-9(2)10(3)12(14)13-11-7-5-4-6-8-11;/h9-11H,4-8H2,1-3H3,(H,13,14);1H4. The van der Waals surface area contributed by atoms with E-state index in [2.05, 4.69) is 19.2 Å². The van der Waals surface area contributed by atoms with Crippen molar-refractivity contribution in [2.24, 2.45) is 11.8 Å². The van der Waals surface area contributed by atoms with Crippen molar-refractivity contribution in [3.05, 3.63) is 0 Å². The molecule has 1 aliphatic rings. The summed E-state index contributed by atoms with van der Waals surface area (Å²) in [5.41, 5.74) is 0. The van der Waals surface area contributed by atoms with Gasteiger partial charge in [0.15, 0.2) is 0 Å². The summed E-state index contributed by atoms with van der Waals surface area (Å²) >= 11 is 0. The molecule has 0 spiro atoms. The lowest BCUT2D eigenvalue weighted by molar-refractivity contribution is -0.126. The Morgan fingerprint density at radius 2 is 1.67 bits per heavy atom. The van der Waals surface area contributed by atoms with E-state index in [-0.39, 0.29) is 19.3 Å². The van der Waals surface area contributed by atoms with Crippen LogP contribution in [0.2, 0.25) is 0 Å². The number of hydrogen-bond acceptors (Lipinski definition) is 1. The normalized spacial score (nSPS) is 19.5. The van der Waals surface area contributed by atoms with Gasteiger partial charge in [-0.15, -0.1) is 0 Å². The smallest absolute Gasteiger partial charge is 0.223 e. The summed E-state index contributed by atoms with van der Waals surface area (Å²) in [6, 6.07) is 0.456. The minimum atomic E-state index is 0. The van der Waals surface area contributed by atoms with Gasteiger partial charge in [0.1, 0.15) is 0 Å². The molecule has 0 heterocycles. The predicted molar refractivity (Wildman–Crippen MR) is 65.7 cm³/mol. The summed E-state index contributed by atoms with van der Waals surface area (Å²) in [5.74, 6) is 0.836. The molecule has 1 saturated carbocycles. The Labute approximate surface area is 94.8 Å². The number of nitrogens with one attached hydrogen (secondary N) is 1. The first kappa shape index (κ1) is 14.5. The third-order valence-corrected chi connectivity index (χ3v) is 3.37. The van der Waals surface area contributed by atoms with Crippen LogP contribution in [-0.4, -0.2) is 11.9 Å². The van der Waals surface area contributed by atoms with Crippen LogP contribution in [-0.2, 0) is 4.79 Å². The van der Waals surface area contributed by atoms with Gasteiger partial charge in [-0.1, -0.05) is 47.5 Å². The molecule has 0 aromatic carbocycles. The second-order valence-corrected chi connectivity index (χ2v) is 4.88. The zero-order valence-corrected chi connectivity index (χ0v) is 9.68.